The van der Waals surface area contributed by atoms with Crippen LogP contribution in [0.3, 0.4) is 0 Å². The number of carbonyl (C=O) groups excluding carboxylic acids is 4. The summed E-state index contributed by atoms with van der Waals surface area (Å²) in [6.07, 6.45) is -0.386. The van der Waals surface area contributed by atoms with Gasteiger partial charge in [0.25, 0.3) is 6.72 Å². The molecule has 1 atom stereocenters. The highest BCUT2D eigenvalue weighted by atomic mass is 16.7. The van der Waals surface area contributed by atoms with Crippen molar-refractivity contribution >= 4 is 36.7 Å². The summed E-state index contributed by atoms with van der Waals surface area (Å²) >= 11 is 0. The summed E-state index contributed by atoms with van der Waals surface area (Å²) in [5.74, 6) is -1.94. The molecule has 0 aromatic heterocycles. The number of alkyl carbamates (subject to hydrolysis) is 1. The fourth-order valence-electron chi connectivity index (χ4n) is 1.51. The first-order chi connectivity index (χ1) is 11.7. The van der Waals surface area contributed by atoms with Gasteiger partial charge in [-0.05, 0) is 20.3 Å². The van der Waals surface area contributed by atoms with Gasteiger partial charge in [0, 0.05) is 6.42 Å². The zero-order valence-electron chi connectivity index (χ0n) is 14.9. The van der Waals surface area contributed by atoms with Crippen molar-refractivity contribution in [3.8, 4) is 0 Å². The molecule has 0 fully saturated rings. The predicted octanol–water partition coefficient (Wildman–Crippen LogP) is 0.377. The summed E-state index contributed by atoms with van der Waals surface area (Å²) < 4.78 is 17.7. The summed E-state index contributed by atoms with van der Waals surface area (Å²) in [5.41, 5.74) is 0. The van der Waals surface area contributed by atoms with Crippen LogP contribution in [-0.2, 0) is 28.6 Å². The molecule has 0 aliphatic heterocycles. The first-order valence-electron chi connectivity index (χ1n) is 7.79. The highest BCUT2D eigenvalue weighted by Gasteiger charge is 2.25. The Bertz CT molecular complexity index is 537. The van der Waals surface area contributed by atoms with E-state index in [-0.39, 0.29) is 24.5 Å². The molecule has 9 nitrogen and oxygen atoms in total. The number of rotatable bonds is 10. The number of ketones is 1. The normalized spacial score (nSPS) is 11.3. The maximum Gasteiger partial charge on any atom is 0.410 e. The lowest BCUT2D eigenvalue weighted by atomic mass is 10.1. The van der Waals surface area contributed by atoms with E-state index in [0.29, 0.717) is 0 Å². The van der Waals surface area contributed by atoms with Crippen molar-refractivity contribution in [2.45, 2.75) is 52.7 Å². The van der Waals surface area contributed by atoms with Crippen LogP contribution in [0, 0.1) is 5.92 Å². The lowest BCUT2D eigenvalue weighted by molar-refractivity contribution is -0.156. The first-order valence-corrected chi connectivity index (χ1v) is 7.79. The molecular formula is C16H25N2O7+. The fraction of sp³-hybridized carbons (Fsp3) is 0.625. The third-order valence-electron chi connectivity index (χ3n) is 2.71. The Morgan fingerprint density at radius 2 is 1.72 bits per heavy atom. The zero-order valence-corrected chi connectivity index (χ0v) is 14.9. The van der Waals surface area contributed by atoms with Gasteiger partial charge in [-0.25, -0.2) is 9.59 Å². The molecule has 1 N–H and O–H groups in total. The van der Waals surface area contributed by atoms with Crippen LogP contribution >= 0.6 is 0 Å². The Morgan fingerprint density at radius 3 is 2.24 bits per heavy atom. The van der Waals surface area contributed by atoms with Gasteiger partial charge in [0.1, 0.15) is 6.04 Å². The van der Waals surface area contributed by atoms with Crippen LogP contribution in [0.25, 0.3) is 0 Å². The molecule has 0 saturated carbocycles. The molecule has 0 aromatic rings. The Balaban J connectivity index is 4.61. The highest BCUT2D eigenvalue weighted by Crippen LogP contribution is 2.04. The second-order valence-corrected chi connectivity index (χ2v) is 5.67. The van der Waals surface area contributed by atoms with Gasteiger partial charge in [-0.15, -0.1) is 4.67 Å². The molecule has 0 spiro atoms. The van der Waals surface area contributed by atoms with Crippen molar-refractivity contribution in [1.29, 1.82) is 0 Å². The molecular weight excluding hydrogens is 332 g/mol. The van der Waals surface area contributed by atoms with Crippen molar-refractivity contribution in [3.05, 3.63) is 0 Å². The number of nitrogens with zero attached hydrogens (tertiary/aromatic N) is 1. The number of ether oxygens (including phenoxy) is 3. The molecule has 140 valence electrons. The smallest absolute Gasteiger partial charge is 0.410 e. The Morgan fingerprint density at radius 1 is 1.08 bits per heavy atom. The largest absolute Gasteiger partial charge is 0.461 e. The van der Waals surface area contributed by atoms with E-state index >= 15 is 0 Å². The highest BCUT2D eigenvalue weighted by molar-refractivity contribution is 6.27. The molecule has 9 heteroatoms. The molecule has 0 rings (SSSR count). The summed E-state index contributed by atoms with van der Waals surface area (Å²) in [4.78, 5) is 46.4. The van der Waals surface area contributed by atoms with Gasteiger partial charge < -0.3 is 19.5 Å². The molecule has 0 bridgehead atoms. The monoisotopic (exact) mass is 357 g/mol. The van der Waals surface area contributed by atoms with Crippen molar-refractivity contribution in [2.24, 2.45) is 5.92 Å². The van der Waals surface area contributed by atoms with E-state index in [9.17, 15) is 19.2 Å². The average Bonchev–Trinajstić information content (AvgIpc) is 2.50. The van der Waals surface area contributed by atoms with E-state index in [2.05, 4.69) is 21.4 Å². The van der Waals surface area contributed by atoms with Crippen LogP contribution in [-0.4, -0.2) is 55.7 Å². The van der Waals surface area contributed by atoms with Gasteiger partial charge in [-0.1, -0.05) is 13.8 Å². The average molecular weight is 357 g/mol. The van der Waals surface area contributed by atoms with E-state index in [1.165, 1.54) is 0 Å². The molecule has 0 aliphatic rings. The number of hydrogen-bond donors (Lipinski definition) is 1. The van der Waals surface area contributed by atoms with Crippen molar-refractivity contribution in [2.75, 3.05) is 6.79 Å². The minimum absolute atomic E-state index is 0.00269. The summed E-state index contributed by atoms with van der Waals surface area (Å²) in [6, 6.07) is -1.09. The van der Waals surface area contributed by atoms with Crippen LogP contribution in [0.4, 0.5) is 4.79 Å². The third kappa shape index (κ3) is 10.7. The lowest BCUT2D eigenvalue weighted by Crippen LogP contribution is -2.43. The van der Waals surface area contributed by atoms with E-state index in [4.69, 9.17) is 9.47 Å². The van der Waals surface area contributed by atoms with Crippen LogP contribution < -0.4 is 9.98 Å². The van der Waals surface area contributed by atoms with Crippen LogP contribution in [0.15, 0.2) is 0 Å². The quantitative estimate of drug-likeness (QED) is 0.259. The van der Waals surface area contributed by atoms with Gasteiger partial charge in [-0.3, -0.25) is 9.59 Å². The van der Waals surface area contributed by atoms with Gasteiger partial charge in [-0.2, -0.15) is 0 Å². The van der Waals surface area contributed by atoms with E-state index in [1.54, 1.807) is 27.7 Å². The molecule has 0 radical (unpaired) electrons. The first kappa shape index (κ1) is 22.3. The summed E-state index contributed by atoms with van der Waals surface area (Å²) in [6.45, 7) is 9.15. The minimum atomic E-state index is -1.09. The van der Waals surface area contributed by atoms with Gasteiger partial charge in [0.2, 0.25) is 12.6 Å². The van der Waals surface area contributed by atoms with Gasteiger partial charge >= 0.3 is 24.2 Å². The number of amides is 1. The fourth-order valence-corrected chi connectivity index (χ4v) is 1.51. The minimum Gasteiger partial charge on any atom is -0.461 e. The van der Waals surface area contributed by atoms with E-state index in [0.717, 1.165) is 6.21 Å². The van der Waals surface area contributed by atoms with Gasteiger partial charge in [0.15, 0.2) is 0 Å². The SMILES string of the molecule is C=[N+]=CC(=O)CC[C@H](NC(=O)OCOC(=O)C(C)C)C(=O)OC(C)C. The van der Waals surface area contributed by atoms with E-state index in [1.807, 2.05) is 0 Å². The summed E-state index contributed by atoms with van der Waals surface area (Å²) in [7, 11) is 0. The molecule has 0 aromatic carbocycles. The second kappa shape index (κ2) is 11.8. The number of hydrogen-bond acceptors (Lipinski definition) is 7. The molecule has 0 heterocycles. The number of esters is 2. The maximum atomic E-state index is 12.0. The number of Topliss-reactive ketones (excluding diaryl/α,β-unsaturated/α-hetero) is 1. The molecule has 1 amide bonds. The van der Waals surface area contributed by atoms with Crippen molar-refractivity contribution < 1.29 is 33.4 Å². The third-order valence-corrected chi connectivity index (χ3v) is 2.71. The second-order valence-electron chi connectivity index (χ2n) is 5.67. The Hall–Kier alpha value is -2.67. The van der Waals surface area contributed by atoms with Crippen molar-refractivity contribution in [3.63, 3.8) is 0 Å². The Kier molecular flexibility index (Phi) is 10.5. The molecule has 0 saturated heterocycles. The number of carbonyl (C=O) groups is 4. The Labute approximate surface area is 146 Å². The van der Waals surface area contributed by atoms with Crippen LogP contribution in [0.2, 0.25) is 0 Å². The van der Waals surface area contributed by atoms with E-state index < -0.39 is 37.0 Å². The summed E-state index contributed by atoms with van der Waals surface area (Å²) in [5, 5.41) is 2.28. The molecule has 25 heavy (non-hydrogen) atoms. The molecule has 0 unspecified atom stereocenters. The predicted molar refractivity (Wildman–Crippen MR) is 90.0 cm³/mol. The van der Waals surface area contributed by atoms with Crippen LogP contribution in [0.5, 0.6) is 0 Å². The zero-order chi connectivity index (χ0) is 19.4. The maximum absolute atomic E-state index is 12.0. The lowest BCUT2D eigenvalue weighted by Gasteiger charge is -2.18. The van der Waals surface area contributed by atoms with Crippen molar-refractivity contribution in [1.82, 2.24) is 9.98 Å². The van der Waals surface area contributed by atoms with Gasteiger partial charge in [0.05, 0.1) is 12.0 Å². The van der Waals surface area contributed by atoms with Crippen LogP contribution in [0.1, 0.15) is 40.5 Å². The number of nitrogens with one attached hydrogen (secondary N) is 1. The topological polar surface area (TPSA) is 122 Å². The standard InChI is InChI=1S/C16H24N2O7/c1-10(2)14(20)23-9-24-16(22)18-13(15(21)25-11(3)4)7-6-12(19)8-17-5/h8,10-11,13H,5-7,9H2,1-4H3/p+1/t13-/m0/s1. The molecule has 0 aliphatic carbocycles.